The van der Waals surface area contributed by atoms with Crippen molar-refractivity contribution in [2.75, 3.05) is 43.2 Å². The van der Waals surface area contributed by atoms with E-state index in [4.69, 9.17) is 15.0 Å². The molecule has 7 heteroatoms. The van der Waals surface area contributed by atoms with Crippen molar-refractivity contribution in [3.8, 4) is 0 Å². The molecule has 17 heavy (non-hydrogen) atoms. The Labute approximate surface area is 105 Å². The van der Waals surface area contributed by atoms with Gasteiger partial charge in [0.1, 0.15) is 0 Å². The molecule has 1 aliphatic heterocycles. The summed E-state index contributed by atoms with van der Waals surface area (Å²) in [5.74, 6) is 2.15. The van der Waals surface area contributed by atoms with E-state index in [1.165, 1.54) is 0 Å². The Morgan fingerprint density at radius 1 is 1.47 bits per heavy atom. The molecule has 0 saturated carbocycles. The zero-order valence-electron chi connectivity index (χ0n) is 9.96. The molecule has 1 unspecified atom stereocenters. The first-order chi connectivity index (χ1) is 8.31. The molecule has 0 bridgehead atoms. The summed E-state index contributed by atoms with van der Waals surface area (Å²) in [5, 5.41) is 3.97. The lowest BCUT2D eigenvalue weighted by Crippen LogP contribution is -2.36. The maximum Gasteiger partial charge on any atom is 0.266 e. The second-order valence-corrected chi connectivity index (χ2v) is 4.91. The van der Waals surface area contributed by atoms with Gasteiger partial charge in [-0.1, -0.05) is 0 Å². The zero-order chi connectivity index (χ0) is 12.1. The predicted molar refractivity (Wildman–Crippen MR) is 67.3 cm³/mol. The Morgan fingerprint density at radius 3 is 2.94 bits per heavy atom. The third kappa shape index (κ3) is 3.34. The average molecular weight is 258 g/mol. The minimum atomic E-state index is -0.162. The predicted octanol–water partition coefficient (Wildman–Crippen LogP) is 0.659. The van der Waals surface area contributed by atoms with Crippen LogP contribution < -0.4 is 10.6 Å². The van der Waals surface area contributed by atoms with E-state index in [1.807, 2.05) is 0 Å². The van der Waals surface area contributed by atoms with Crippen LogP contribution in [-0.2, 0) is 4.74 Å². The van der Waals surface area contributed by atoms with Crippen molar-refractivity contribution >= 4 is 17.7 Å². The summed E-state index contributed by atoms with van der Waals surface area (Å²) >= 11 is 1.76. The standard InChI is InChI=1S/C10H18N4O2S/c1-17-7-2-8(11)9-12-10(13-16-9)14-3-5-15-6-4-14/h8H,2-7,11H2,1H3. The zero-order valence-corrected chi connectivity index (χ0v) is 10.8. The summed E-state index contributed by atoms with van der Waals surface area (Å²) in [7, 11) is 0. The Kier molecular flexibility index (Phi) is 4.64. The lowest BCUT2D eigenvalue weighted by Gasteiger charge is -2.24. The van der Waals surface area contributed by atoms with E-state index >= 15 is 0 Å². The van der Waals surface area contributed by atoms with Crippen LogP contribution in [0.3, 0.4) is 0 Å². The molecule has 0 radical (unpaired) electrons. The van der Waals surface area contributed by atoms with Gasteiger partial charge < -0.3 is 19.9 Å². The van der Waals surface area contributed by atoms with E-state index in [2.05, 4.69) is 21.3 Å². The minimum Gasteiger partial charge on any atom is -0.378 e. The van der Waals surface area contributed by atoms with E-state index in [1.54, 1.807) is 11.8 Å². The number of hydrogen-bond acceptors (Lipinski definition) is 7. The van der Waals surface area contributed by atoms with Gasteiger partial charge in [0.15, 0.2) is 0 Å². The number of aromatic nitrogens is 2. The molecule has 2 N–H and O–H groups in total. The summed E-state index contributed by atoms with van der Waals surface area (Å²) in [6.45, 7) is 3.03. The molecule has 1 aliphatic rings. The SMILES string of the molecule is CSCCC(N)c1nc(N2CCOCC2)no1. The lowest BCUT2D eigenvalue weighted by atomic mass is 10.2. The van der Waals surface area contributed by atoms with E-state index in [-0.39, 0.29) is 6.04 Å². The van der Waals surface area contributed by atoms with Gasteiger partial charge in [-0.25, -0.2) is 0 Å². The highest BCUT2D eigenvalue weighted by molar-refractivity contribution is 7.98. The topological polar surface area (TPSA) is 77.4 Å². The number of thioether (sulfide) groups is 1. The molecule has 0 spiro atoms. The molecule has 96 valence electrons. The lowest BCUT2D eigenvalue weighted by molar-refractivity contribution is 0.121. The van der Waals surface area contributed by atoms with Crippen LogP contribution >= 0.6 is 11.8 Å². The second kappa shape index (κ2) is 6.23. The largest absolute Gasteiger partial charge is 0.378 e. The molecule has 1 aromatic rings. The average Bonchev–Trinajstić information content (AvgIpc) is 2.86. The summed E-state index contributed by atoms with van der Waals surface area (Å²) in [4.78, 5) is 6.40. The summed E-state index contributed by atoms with van der Waals surface area (Å²) in [5.41, 5.74) is 5.97. The Hall–Kier alpha value is -0.790. The molecule has 1 aromatic heterocycles. The number of hydrogen-bond donors (Lipinski definition) is 1. The van der Waals surface area contributed by atoms with Gasteiger partial charge in [0.25, 0.3) is 5.95 Å². The molecule has 6 nitrogen and oxygen atoms in total. The van der Waals surface area contributed by atoms with Crippen LogP contribution in [0.2, 0.25) is 0 Å². The quantitative estimate of drug-likeness (QED) is 0.831. The molecular weight excluding hydrogens is 240 g/mol. The minimum absolute atomic E-state index is 0.162. The van der Waals surface area contributed by atoms with Crippen molar-refractivity contribution in [3.63, 3.8) is 0 Å². The number of nitrogens with two attached hydrogens (primary N) is 1. The van der Waals surface area contributed by atoms with E-state index in [0.29, 0.717) is 25.1 Å². The maximum atomic E-state index is 5.97. The first-order valence-electron chi connectivity index (χ1n) is 5.72. The van der Waals surface area contributed by atoms with Crippen molar-refractivity contribution < 1.29 is 9.26 Å². The van der Waals surface area contributed by atoms with Gasteiger partial charge in [-0.3, -0.25) is 0 Å². The van der Waals surface area contributed by atoms with Crippen LogP contribution in [0.5, 0.6) is 0 Å². The van der Waals surface area contributed by atoms with E-state index in [9.17, 15) is 0 Å². The third-order valence-corrected chi connectivity index (χ3v) is 3.32. The Balaban J connectivity index is 1.94. The van der Waals surface area contributed by atoms with Crippen LogP contribution in [0, 0.1) is 0 Å². The highest BCUT2D eigenvalue weighted by atomic mass is 32.2. The van der Waals surface area contributed by atoms with Crippen molar-refractivity contribution in [2.24, 2.45) is 5.73 Å². The molecule has 2 heterocycles. The van der Waals surface area contributed by atoms with Gasteiger partial charge in [0, 0.05) is 13.1 Å². The van der Waals surface area contributed by atoms with Crippen molar-refractivity contribution in [1.82, 2.24) is 10.1 Å². The van der Waals surface area contributed by atoms with Crippen molar-refractivity contribution in [3.05, 3.63) is 5.89 Å². The summed E-state index contributed by atoms with van der Waals surface area (Å²) in [6.07, 6.45) is 2.91. The molecule has 0 aromatic carbocycles. The molecule has 0 amide bonds. The Bertz CT molecular complexity index is 341. The number of anilines is 1. The van der Waals surface area contributed by atoms with Gasteiger partial charge in [0.2, 0.25) is 5.89 Å². The second-order valence-electron chi connectivity index (χ2n) is 3.92. The van der Waals surface area contributed by atoms with Gasteiger partial charge in [-0.05, 0) is 23.6 Å². The fourth-order valence-corrected chi connectivity index (χ4v) is 2.13. The first kappa shape index (κ1) is 12.7. The molecule has 0 aliphatic carbocycles. The van der Waals surface area contributed by atoms with Crippen LogP contribution in [0.1, 0.15) is 18.4 Å². The maximum absolute atomic E-state index is 5.97. The van der Waals surface area contributed by atoms with Crippen LogP contribution in [0.25, 0.3) is 0 Å². The van der Waals surface area contributed by atoms with Crippen molar-refractivity contribution in [1.29, 1.82) is 0 Å². The Morgan fingerprint density at radius 2 is 2.24 bits per heavy atom. The molecule has 1 atom stereocenters. The van der Waals surface area contributed by atoms with Crippen LogP contribution in [0.4, 0.5) is 5.95 Å². The van der Waals surface area contributed by atoms with Gasteiger partial charge in [-0.15, -0.1) is 0 Å². The highest BCUT2D eigenvalue weighted by Crippen LogP contribution is 2.18. The third-order valence-electron chi connectivity index (χ3n) is 2.68. The number of ether oxygens (including phenoxy) is 1. The monoisotopic (exact) mass is 258 g/mol. The number of morpholine rings is 1. The van der Waals surface area contributed by atoms with Gasteiger partial charge in [-0.2, -0.15) is 16.7 Å². The van der Waals surface area contributed by atoms with E-state index in [0.717, 1.165) is 25.3 Å². The fraction of sp³-hybridized carbons (Fsp3) is 0.800. The number of rotatable bonds is 5. The van der Waals surface area contributed by atoms with Gasteiger partial charge in [0.05, 0.1) is 19.3 Å². The smallest absolute Gasteiger partial charge is 0.266 e. The first-order valence-corrected chi connectivity index (χ1v) is 7.11. The highest BCUT2D eigenvalue weighted by Gasteiger charge is 2.19. The van der Waals surface area contributed by atoms with Crippen molar-refractivity contribution in [2.45, 2.75) is 12.5 Å². The van der Waals surface area contributed by atoms with Crippen LogP contribution in [-0.4, -0.2) is 48.5 Å². The van der Waals surface area contributed by atoms with Gasteiger partial charge >= 0.3 is 0 Å². The molecular formula is C10H18N4O2S. The number of nitrogens with zero attached hydrogens (tertiary/aromatic N) is 3. The summed E-state index contributed by atoms with van der Waals surface area (Å²) < 4.78 is 10.5. The molecule has 2 rings (SSSR count). The van der Waals surface area contributed by atoms with E-state index < -0.39 is 0 Å². The summed E-state index contributed by atoms with van der Waals surface area (Å²) in [6, 6.07) is -0.162. The normalized spacial score (nSPS) is 18.4. The van der Waals surface area contributed by atoms with Crippen LogP contribution in [0.15, 0.2) is 4.52 Å². The fourth-order valence-electron chi connectivity index (χ4n) is 1.64. The molecule has 1 fully saturated rings. The molecule has 1 saturated heterocycles.